The number of rotatable bonds is 5. The molecular weight excluding hydrogens is 355 g/mol. The molecule has 3 rings (SSSR count). The number of aryl methyl sites for hydroxylation is 1. The summed E-state index contributed by atoms with van der Waals surface area (Å²) in [5.41, 5.74) is 4.91. The highest BCUT2D eigenvalue weighted by Crippen LogP contribution is 2.35. The fraction of sp³-hybridized carbons (Fsp3) is 0.0952. The molecule has 1 N–H and O–H groups in total. The maximum absolute atomic E-state index is 10.9. The molecule has 2 nitrogen and oxygen atoms in total. The van der Waals surface area contributed by atoms with Gasteiger partial charge in [-0.25, -0.2) is 0 Å². The van der Waals surface area contributed by atoms with Crippen molar-refractivity contribution in [1.29, 1.82) is 0 Å². The van der Waals surface area contributed by atoms with Crippen LogP contribution < -0.4 is 0 Å². The first-order chi connectivity index (χ1) is 12.1. The number of hydrogen-bond donors (Lipinski definition) is 1. The number of halogens is 2. The van der Waals surface area contributed by atoms with Gasteiger partial charge in [-0.1, -0.05) is 77.8 Å². The van der Waals surface area contributed by atoms with Crippen LogP contribution in [0.4, 0.5) is 0 Å². The van der Waals surface area contributed by atoms with Crippen molar-refractivity contribution in [3.8, 4) is 22.3 Å². The fourth-order valence-corrected chi connectivity index (χ4v) is 3.25. The molecule has 0 aliphatic rings. The van der Waals surface area contributed by atoms with E-state index in [0.29, 0.717) is 16.5 Å². The molecule has 126 valence electrons. The topological polar surface area (TPSA) is 37.3 Å². The van der Waals surface area contributed by atoms with Crippen molar-refractivity contribution in [2.75, 3.05) is 0 Å². The summed E-state index contributed by atoms with van der Waals surface area (Å²) >= 11 is 12.5. The number of benzene rings is 3. The molecule has 0 bridgehead atoms. The normalized spacial score (nSPS) is 10.6. The van der Waals surface area contributed by atoms with Crippen molar-refractivity contribution in [1.82, 2.24) is 0 Å². The minimum absolute atomic E-state index is 0.108. The lowest BCUT2D eigenvalue weighted by Gasteiger charge is -2.12. The van der Waals surface area contributed by atoms with Crippen molar-refractivity contribution < 1.29 is 9.90 Å². The SMILES string of the molecule is O=C(O)CCc1ccccc1-c1cccc(-c2cccc(Cl)c2Cl)c1. The molecule has 0 heterocycles. The lowest BCUT2D eigenvalue weighted by Crippen LogP contribution is -1.99. The van der Waals surface area contributed by atoms with E-state index >= 15 is 0 Å². The van der Waals surface area contributed by atoms with Crippen LogP contribution >= 0.6 is 23.2 Å². The lowest BCUT2D eigenvalue weighted by atomic mass is 9.94. The Morgan fingerprint density at radius 3 is 2.24 bits per heavy atom. The molecule has 0 spiro atoms. The smallest absolute Gasteiger partial charge is 0.303 e. The number of carbonyl (C=O) groups is 1. The van der Waals surface area contributed by atoms with Crippen molar-refractivity contribution >= 4 is 29.2 Å². The Balaban J connectivity index is 2.03. The van der Waals surface area contributed by atoms with E-state index in [1.807, 2.05) is 54.6 Å². The van der Waals surface area contributed by atoms with Gasteiger partial charge >= 0.3 is 5.97 Å². The minimum Gasteiger partial charge on any atom is -0.481 e. The highest BCUT2D eigenvalue weighted by molar-refractivity contribution is 6.43. The summed E-state index contributed by atoms with van der Waals surface area (Å²) in [6.45, 7) is 0. The van der Waals surface area contributed by atoms with E-state index in [2.05, 4.69) is 6.07 Å². The lowest BCUT2D eigenvalue weighted by molar-refractivity contribution is -0.136. The first-order valence-electron chi connectivity index (χ1n) is 7.91. The van der Waals surface area contributed by atoms with Crippen molar-refractivity contribution in [3.05, 3.63) is 82.3 Å². The molecule has 0 aromatic heterocycles. The molecule has 25 heavy (non-hydrogen) atoms. The molecule has 0 aliphatic carbocycles. The average Bonchev–Trinajstić information content (AvgIpc) is 2.62. The second-order valence-electron chi connectivity index (χ2n) is 5.73. The van der Waals surface area contributed by atoms with Crippen LogP contribution in [0.2, 0.25) is 10.0 Å². The van der Waals surface area contributed by atoms with E-state index in [-0.39, 0.29) is 6.42 Å². The van der Waals surface area contributed by atoms with Gasteiger partial charge in [-0.05, 0) is 40.8 Å². The summed E-state index contributed by atoms with van der Waals surface area (Å²) in [7, 11) is 0. The highest BCUT2D eigenvalue weighted by atomic mass is 35.5. The van der Waals surface area contributed by atoms with Crippen LogP contribution in [-0.2, 0) is 11.2 Å². The van der Waals surface area contributed by atoms with Gasteiger partial charge in [0, 0.05) is 12.0 Å². The summed E-state index contributed by atoms with van der Waals surface area (Å²) in [4.78, 5) is 10.9. The Kier molecular flexibility index (Phi) is 5.42. The molecule has 0 saturated carbocycles. The van der Waals surface area contributed by atoms with Crippen LogP contribution in [0.1, 0.15) is 12.0 Å². The zero-order valence-corrected chi connectivity index (χ0v) is 14.9. The van der Waals surface area contributed by atoms with Crippen LogP contribution in [0.3, 0.4) is 0 Å². The average molecular weight is 371 g/mol. The third-order valence-electron chi connectivity index (χ3n) is 4.06. The van der Waals surface area contributed by atoms with E-state index < -0.39 is 5.97 Å². The van der Waals surface area contributed by atoms with Gasteiger partial charge in [-0.3, -0.25) is 4.79 Å². The Bertz CT molecular complexity index is 919. The zero-order chi connectivity index (χ0) is 17.8. The maximum Gasteiger partial charge on any atom is 0.303 e. The van der Waals surface area contributed by atoms with E-state index in [1.165, 1.54) is 0 Å². The molecule has 0 saturated heterocycles. The molecule has 0 amide bonds. The van der Waals surface area contributed by atoms with Crippen LogP contribution in [0, 0.1) is 0 Å². The fourth-order valence-electron chi connectivity index (χ4n) is 2.84. The van der Waals surface area contributed by atoms with Crippen LogP contribution in [0.25, 0.3) is 22.3 Å². The molecular formula is C21H16Cl2O2. The first kappa shape index (κ1) is 17.5. The second kappa shape index (κ2) is 7.73. The molecule has 3 aromatic carbocycles. The summed E-state index contributed by atoms with van der Waals surface area (Å²) < 4.78 is 0. The van der Waals surface area contributed by atoms with E-state index in [9.17, 15) is 4.79 Å². The number of hydrogen-bond acceptors (Lipinski definition) is 1. The van der Waals surface area contributed by atoms with Crippen LogP contribution in [-0.4, -0.2) is 11.1 Å². The standard InChI is InChI=1S/C21H16Cl2O2/c22-19-10-4-9-18(21(19)23)16-7-3-6-15(13-16)17-8-2-1-5-14(17)11-12-20(24)25/h1-10,13H,11-12H2,(H,24,25). The molecule has 3 aromatic rings. The molecule has 0 atom stereocenters. The van der Waals surface area contributed by atoms with E-state index in [4.69, 9.17) is 28.3 Å². The Labute approximate surface area is 156 Å². The van der Waals surface area contributed by atoms with Crippen molar-refractivity contribution in [2.45, 2.75) is 12.8 Å². The predicted molar refractivity (Wildman–Crippen MR) is 103 cm³/mol. The predicted octanol–water partition coefficient (Wildman–Crippen LogP) is 6.34. The quantitative estimate of drug-likeness (QED) is 0.568. The van der Waals surface area contributed by atoms with Crippen LogP contribution in [0.15, 0.2) is 66.7 Å². The minimum atomic E-state index is -0.797. The molecule has 0 radical (unpaired) electrons. The van der Waals surface area contributed by atoms with Gasteiger partial charge in [0.1, 0.15) is 0 Å². The van der Waals surface area contributed by atoms with Gasteiger partial charge in [-0.15, -0.1) is 0 Å². The van der Waals surface area contributed by atoms with E-state index in [0.717, 1.165) is 27.8 Å². The first-order valence-corrected chi connectivity index (χ1v) is 8.66. The molecule has 0 aliphatic heterocycles. The second-order valence-corrected chi connectivity index (χ2v) is 6.52. The van der Waals surface area contributed by atoms with Crippen molar-refractivity contribution in [3.63, 3.8) is 0 Å². The van der Waals surface area contributed by atoms with Gasteiger partial charge in [0.15, 0.2) is 0 Å². The van der Waals surface area contributed by atoms with Gasteiger partial charge in [0.05, 0.1) is 10.0 Å². The number of carboxylic acids is 1. The maximum atomic E-state index is 10.9. The van der Waals surface area contributed by atoms with Crippen molar-refractivity contribution in [2.24, 2.45) is 0 Å². The van der Waals surface area contributed by atoms with Gasteiger partial charge in [-0.2, -0.15) is 0 Å². The summed E-state index contributed by atoms with van der Waals surface area (Å²) in [5.74, 6) is -0.797. The summed E-state index contributed by atoms with van der Waals surface area (Å²) in [6.07, 6.45) is 0.602. The summed E-state index contributed by atoms with van der Waals surface area (Å²) in [5, 5.41) is 10.0. The monoisotopic (exact) mass is 370 g/mol. The van der Waals surface area contributed by atoms with Gasteiger partial charge in [0.2, 0.25) is 0 Å². The Morgan fingerprint density at radius 1 is 0.840 bits per heavy atom. The third-order valence-corrected chi connectivity index (χ3v) is 4.88. The number of aliphatic carboxylic acids is 1. The third kappa shape index (κ3) is 4.04. The number of carboxylic acid groups (broad SMARTS) is 1. The molecule has 0 fully saturated rings. The summed E-state index contributed by atoms with van der Waals surface area (Å²) in [6, 6.07) is 21.5. The zero-order valence-electron chi connectivity index (χ0n) is 13.4. The molecule has 4 heteroatoms. The van der Waals surface area contributed by atoms with Gasteiger partial charge < -0.3 is 5.11 Å². The van der Waals surface area contributed by atoms with E-state index in [1.54, 1.807) is 6.07 Å². The Morgan fingerprint density at radius 2 is 1.48 bits per heavy atom. The largest absolute Gasteiger partial charge is 0.481 e. The molecule has 0 unspecified atom stereocenters. The Hall–Kier alpha value is -2.29. The highest BCUT2D eigenvalue weighted by Gasteiger charge is 2.10. The van der Waals surface area contributed by atoms with Gasteiger partial charge in [0.25, 0.3) is 0 Å². The van der Waals surface area contributed by atoms with Crippen LogP contribution in [0.5, 0.6) is 0 Å².